The highest BCUT2D eigenvalue weighted by Crippen LogP contribution is 2.14. The lowest BCUT2D eigenvalue weighted by atomic mass is 10.3. The van der Waals surface area contributed by atoms with Gasteiger partial charge in [0.15, 0.2) is 0 Å². The minimum Gasteiger partial charge on any atom is -0.406 e. The van der Waals surface area contributed by atoms with Gasteiger partial charge in [-0.05, 0) is 34.7 Å². The molecule has 1 heterocycles. The predicted octanol–water partition coefficient (Wildman–Crippen LogP) is 1.02. The number of amides is 1. The molecule has 0 spiro atoms. The molecule has 2 unspecified atom stereocenters. The fourth-order valence-electron chi connectivity index (χ4n) is 1.65. The van der Waals surface area contributed by atoms with Gasteiger partial charge in [0.05, 0.1) is 6.04 Å². The molecule has 0 saturated carbocycles. The summed E-state index contributed by atoms with van der Waals surface area (Å²) in [5.41, 5.74) is 0. The molecule has 2 atom stereocenters. The van der Waals surface area contributed by atoms with Crippen LogP contribution in [-0.2, 0) is 4.79 Å². The molecule has 0 bridgehead atoms. The Labute approximate surface area is 113 Å². The average Bonchev–Trinajstić information content (AvgIpc) is 2.87. The van der Waals surface area contributed by atoms with Crippen LogP contribution in [0.25, 0.3) is 0 Å². The normalized spacial score (nSPS) is 13.9. The minimum absolute atomic E-state index is 0.0168. The summed E-state index contributed by atoms with van der Waals surface area (Å²) in [7, 11) is 1.81. The van der Waals surface area contributed by atoms with Crippen LogP contribution in [0.2, 0.25) is 0 Å². The number of hydrogen-bond acceptors (Lipinski definition) is 6. The number of carbonyl (C=O) groups is 1. The van der Waals surface area contributed by atoms with Crippen molar-refractivity contribution in [2.24, 2.45) is 0 Å². The lowest BCUT2D eigenvalue weighted by molar-refractivity contribution is -0.131. The van der Waals surface area contributed by atoms with Crippen LogP contribution in [0.1, 0.15) is 39.6 Å². The van der Waals surface area contributed by atoms with Gasteiger partial charge in [0, 0.05) is 13.1 Å². The van der Waals surface area contributed by atoms with Crippen molar-refractivity contribution in [3.05, 3.63) is 5.89 Å². The van der Waals surface area contributed by atoms with E-state index in [9.17, 15) is 4.79 Å². The van der Waals surface area contributed by atoms with Gasteiger partial charge < -0.3 is 20.0 Å². The van der Waals surface area contributed by atoms with Crippen molar-refractivity contribution in [2.45, 2.75) is 39.8 Å². The maximum absolute atomic E-state index is 12.1. The summed E-state index contributed by atoms with van der Waals surface area (Å²) in [5, 5.41) is 13.7. The molecule has 0 radical (unpaired) electrons. The Morgan fingerprint density at radius 2 is 1.95 bits per heavy atom. The molecule has 0 saturated heterocycles. The molecule has 0 fully saturated rings. The summed E-state index contributed by atoms with van der Waals surface area (Å²) in [5.74, 6) is 0.513. The number of carbonyl (C=O) groups excluding carboxylic acids is 1. The Balaban J connectivity index is 2.64. The number of anilines is 1. The van der Waals surface area contributed by atoms with E-state index >= 15 is 0 Å². The second-order valence-corrected chi connectivity index (χ2v) is 4.33. The van der Waals surface area contributed by atoms with E-state index in [1.165, 1.54) is 0 Å². The third-order valence-electron chi connectivity index (χ3n) is 3.03. The van der Waals surface area contributed by atoms with Gasteiger partial charge in [0.1, 0.15) is 6.04 Å². The van der Waals surface area contributed by atoms with Crippen LogP contribution in [-0.4, -0.2) is 47.2 Å². The van der Waals surface area contributed by atoms with E-state index in [2.05, 4.69) is 20.8 Å². The zero-order chi connectivity index (χ0) is 14.4. The van der Waals surface area contributed by atoms with Gasteiger partial charge in [-0.1, -0.05) is 5.10 Å². The van der Waals surface area contributed by atoms with Gasteiger partial charge in [0.2, 0.25) is 11.8 Å². The number of nitrogens with zero attached hydrogens (tertiary/aromatic N) is 3. The molecule has 1 rings (SSSR count). The average molecular weight is 269 g/mol. The summed E-state index contributed by atoms with van der Waals surface area (Å²) >= 11 is 0. The highest BCUT2D eigenvalue weighted by Gasteiger charge is 2.20. The monoisotopic (exact) mass is 269 g/mol. The van der Waals surface area contributed by atoms with Gasteiger partial charge in [-0.2, -0.15) is 0 Å². The van der Waals surface area contributed by atoms with Crippen LogP contribution in [0.15, 0.2) is 4.42 Å². The molecule has 0 aliphatic heterocycles. The molecule has 1 aromatic rings. The number of rotatable bonds is 7. The third-order valence-corrected chi connectivity index (χ3v) is 3.03. The number of hydrogen-bond donors (Lipinski definition) is 2. The number of nitrogens with one attached hydrogen (secondary N) is 2. The number of likely N-dealkylation sites (N-methyl/N-ethyl adjacent to an activating group) is 1. The van der Waals surface area contributed by atoms with Crippen molar-refractivity contribution in [1.82, 2.24) is 20.4 Å². The first kappa shape index (κ1) is 15.4. The molecule has 0 aliphatic rings. The van der Waals surface area contributed by atoms with E-state index in [-0.39, 0.29) is 18.0 Å². The lowest BCUT2D eigenvalue weighted by Crippen LogP contribution is -2.41. The molecule has 0 aromatic carbocycles. The second kappa shape index (κ2) is 7.08. The van der Waals surface area contributed by atoms with Crippen LogP contribution >= 0.6 is 0 Å². The molecule has 19 heavy (non-hydrogen) atoms. The Hall–Kier alpha value is -1.63. The van der Waals surface area contributed by atoms with E-state index in [1.807, 2.05) is 27.8 Å². The summed E-state index contributed by atoms with van der Waals surface area (Å²) < 4.78 is 5.44. The second-order valence-electron chi connectivity index (χ2n) is 4.33. The molecule has 7 nitrogen and oxygen atoms in total. The third kappa shape index (κ3) is 3.92. The molecule has 1 amide bonds. The minimum atomic E-state index is -0.391. The van der Waals surface area contributed by atoms with E-state index in [1.54, 1.807) is 11.8 Å². The van der Waals surface area contributed by atoms with Crippen LogP contribution in [0, 0.1) is 0 Å². The summed E-state index contributed by atoms with van der Waals surface area (Å²) in [6, 6.07) is -0.139. The first-order valence-corrected chi connectivity index (χ1v) is 6.59. The first-order chi connectivity index (χ1) is 9.03. The van der Waals surface area contributed by atoms with Crippen molar-refractivity contribution in [3.8, 4) is 0 Å². The van der Waals surface area contributed by atoms with Gasteiger partial charge in [-0.25, -0.2) is 0 Å². The van der Waals surface area contributed by atoms with E-state index in [4.69, 9.17) is 4.42 Å². The van der Waals surface area contributed by atoms with Crippen molar-refractivity contribution in [2.75, 3.05) is 25.5 Å². The molecule has 0 aliphatic carbocycles. The highest BCUT2D eigenvalue weighted by molar-refractivity contribution is 5.83. The van der Waals surface area contributed by atoms with Gasteiger partial charge >= 0.3 is 6.01 Å². The Bertz CT molecular complexity index is 403. The van der Waals surface area contributed by atoms with E-state index < -0.39 is 6.04 Å². The van der Waals surface area contributed by atoms with Gasteiger partial charge in [-0.15, -0.1) is 5.10 Å². The molecule has 7 heteroatoms. The summed E-state index contributed by atoms with van der Waals surface area (Å²) in [4.78, 5) is 13.8. The molecular weight excluding hydrogens is 246 g/mol. The Morgan fingerprint density at radius 1 is 1.32 bits per heavy atom. The summed E-state index contributed by atoms with van der Waals surface area (Å²) in [6.45, 7) is 8.98. The zero-order valence-electron chi connectivity index (χ0n) is 12.2. The summed E-state index contributed by atoms with van der Waals surface area (Å²) in [6.07, 6.45) is 0. The highest BCUT2D eigenvalue weighted by atomic mass is 16.4. The van der Waals surface area contributed by atoms with Crippen LogP contribution < -0.4 is 10.6 Å². The quantitative estimate of drug-likeness (QED) is 0.769. The van der Waals surface area contributed by atoms with E-state index in [0.29, 0.717) is 19.0 Å². The fraction of sp³-hybridized carbons (Fsp3) is 0.750. The zero-order valence-corrected chi connectivity index (χ0v) is 12.2. The van der Waals surface area contributed by atoms with Crippen molar-refractivity contribution < 1.29 is 9.21 Å². The fourth-order valence-corrected chi connectivity index (χ4v) is 1.65. The molecule has 1 aromatic heterocycles. The molecule has 108 valence electrons. The Kier molecular flexibility index (Phi) is 5.75. The van der Waals surface area contributed by atoms with Gasteiger partial charge in [0.25, 0.3) is 0 Å². The van der Waals surface area contributed by atoms with Gasteiger partial charge in [-0.3, -0.25) is 4.79 Å². The van der Waals surface area contributed by atoms with Crippen LogP contribution in [0.5, 0.6) is 0 Å². The smallest absolute Gasteiger partial charge is 0.316 e. The standard InChI is InChI=1S/C12H23N5O2/c1-6-17(7-2)11(18)9(4)14-12-16-15-10(19-12)8(3)13-5/h8-9,13H,6-7H2,1-5H3,(H,14,16). The molecular formula is C12H23N5O2. The molecule has 2 N–H and O–H groups in total. The maximum atomic E-state index is 12.1. The van der Waals surface area contributed by atoms with Crippen molar-refractivity contribution in [1.29, 1.82) is 0 Å². The SMILES string of the molecule is CCN(CC)C(=O)C(C)Nc1nnc(C(C)NC)o1. The predicted molar refractivity (Wildman–Crippen MR) is 72.8 cm³/mol. The topological polar surface area (TPSA) is 83.3 Å². The number of aromatic nitrogens is 2. The lowest BCUT2D eigenvalue weighted by Gasteiger charge is -2.22. The van der Waals surface area contributed by atoms with E-state index in [0.717, 1.165) is 0 Å². The van der Waals surface area contributed by atoms with Crippen molar-refractivity contribution in [3.63, 3.8) is 0 Å². The maximum Gasteiger partial charge on any atom is 0.316 e. The first-order valence-electron chi connectivity index (χ1n) is 6.59. The Morgan fingerprint density at radius 3 is 2.47 bits per heavy atom. The van der Waals surface area contributed by atoms with Crippen LogP contribution in [0.4, 0.5) is 6.01 Å². The van der Waals surface area contributed by atoms with Crippen molar-refractivity contribution >= 4 is 11.9 Å². The largest absolute Gasteiger partial charge is 0.406 e. The van der Waals surface area contributed by atoms with Crippen LogP contribution in [0.3, 0.4) is 0 Å².